The van der Waals surface area contributed by atoms with Crippen molar-refractivity contribution < 1.29 is 9.53 Å². The molecule has 0 aliphatic carbocycles. The van der Waals surface area contributed by atoms with E-state index in [0.717, 1.165) is 53.1 Å². The molecular formula is C23H26ClN3O2S2. The number of anilines is 1. The minimum absolute atomic E-state index is 0.0701. The molecule has 2 aromatic carbocycles. The number of rotatable bonds is 7. The zero-order chi connectivity index (χ0) is 21.8. The molecule has 164 valence electrons. The van der Waals surface area contributed by atoms with E-state index in [4.69, 9.17) is 21.3 Å². The van der Waals surface area contributed by atoms with Gasteiger partial charge in [0.05, 0.1) is 29.2 Å². The molecule has 0 atom stereocenters. The third kappa shape index (κ3) is 5.79. The summed E-state index contributed by atoms with van der Waals surface area (Å²) < 4.78 is 6.57. The van der Waals surface area contributed by atoms with Crippen molar-refractivity contribution in [2.45, 2.75) is 18.7 Å². The molecule has 4 rings (SSSR count). The van der Waals surface area contributed by atoms with Gasteiger partial charge in [0.15, 0.2) is 5.13 Å². The Kier molecular flexibility index (Phi) is 7.51. The summed E-state index contributed by atoms with van der Waals surface area (Å²) in [5, 5.41) is 1.47. The molecule has 1 saturated heterocycles. The number of nitrogens with zero attached hydrogens (tertiary/aromatic N) is 3. The lowest BCUT2D eigenvalue weighted by Crippen LogP contribution is -2.43. The number of halogens is 1. The van der Waals surface area contributed by atoms with Crippen LogP contribution in [-0.2, 0) is 9.53 Å². The molecule has 1 amide bonds. The van der Waals surface area contributed by atoms with Crippen molar-refractivity contribution in [1.29, 1.82) is 0 Å². The number of aromatic nitrogens is 1. The van der Waals surface area contributed by atoms with Gasteiger partial charge in [-0.3, -0.25) is 14.6 Å². The summed E-state index contributed by atoms with van der Waals surface area (Å²) >= 11 is 9.09. The summed E-state index contributed by atoms with van der Waals surface area (Å²) in [7, 11) is 0. The summed E-state index contributed by atoms with van der Waals surface area (Å²) in [6, 6.07) is 11.9. The van der Waals surface area contributed by atoms with E-state index in [-0.39, 0.29) is 5.91 Å². The summed E-state index contributed by atoms with van der Waals surface area (Å²) in [4.78, 5) is 23.3. The lowest BCUT2D eigenvalue weighted by Gasteiger charge is -2.29. The smallest absolute Gasteiger partial charge is 0.239 e. The highest BCUT2D eigenvalue weighted by Gasteiger charge is 2.22. The van der Waals surface area contributed by atoms with Crippen LogP contribution in [0.15, 0.2) is 41.3 Å². The van der Waals surface area contributed by atoms with Gasteiger partial charge in [-0.25, -0.2) is 4.98 Å². The van der Waals surface area contributed by atoms with Crippen LogP contribution in [0.2, 0.25) is 5.02 Å². The zero-order valence-electron chi connectivity index (χ0n) is 17.8. The van der Waals surface area contributed by atoms with Crippen LogP contribution in [0.3, 0.4) is 0 Å². The quantitative estimate of drug-likeness (QED) is 0.449. The van der Waals surface area contributed by atoms with Gasteiger partial charge in [0.2, 0.25) is 5.91 Å². The molecule has 1 fully saturated rings. The Hall–Kier alpha value is -1.64. The summed E-state index contributed by atoms with van der Waals surface area (Å²) in [5.41, 5.74) is 3.42. The first-order chi connectivity index (χ1) is 15.0. The number of aryl methyl sites for hydroxylation is 2. The standard InChI is InChI=1S/C23H26ClN3O2S2/c1-16-13-20-21(14-17(16)2)31-23(25-20)27(8-7-26-9-11-29-12-10-26)22(28)15-30-19-5-3-18(24)4-6-19/h3-6,13-14H,7-12,15H2,1-2H3. The molecule has 5 nitrogen and oxygen atoms in total. The fourth-order valence-corrected chi connectivity index (χ4v) is 5.42. The second-order valence-electron chi connectivity index (χ2n) is 7.64. The molecule has 1 aromatic heterocycles. The minimum atomic E-state index is 0.0701. The number of amides is 1. The van der Waals surface area contributed by atoms with Crippen molar-refractivity contribution in [3.8, 4) is 0 Å². The highest BCUT2D eigenvalue weighted by Crippen LogP contribution is 2.31. The van der Waals surface area contributed by atoms with Crippen LogP contribution in [0.25, 0.3) is 10.2 Å². The fraction of sp³-hybridized carbons (Fsp3) is 0.391. The first-order valence-electron chi connectivity index (χ1n) is 10.4. The van der Waals surface area contributed by atoms with Gasteiger partial charge in [-0.2, -0.15) is 0 Å². The summed E-state index contributed by atoms with van der Waals surface area (Å²) in [5.74, 6) is 0.430. The van der Waals surface area contributed by atoms with Gasteiger partial charge in [-0.05, 0) is 61.4 Å². The van der Waals surface area contributed by atoms with E-state index in [9.17, 15) is 4.79 Å². The molecule has 0 saturated carbocycles. The third-order valence-corrected chi connectivity index (χ3v) is 7.73. The first kappa shape index (κ1) is 22.6. The van der Waals surface area contributed by atoms with Crippen molar-refractivity contribution in [3.63, 3.8) is 0 Å². The number of morpholine rings is 1. The zero-order valence-corrected chi connectivity index (χ0v) is 20.2. The predicted molar refractivity (Wildman–Crippen MR) is 131 cm³/mol. The SMILES string of the molecule is Cc1cc2nc(N(CCN3CCOCC3)C(=O)CSc3ccc(Cl)cc3)sc2cc1C. The molecule has 0 spiro atoms. The van der Waals surface area contributed by atoms with Crippen LogP contribution >= 0.6 is 34.7 Å². The average Bonchev–Trinajstić information content (AvgIpc) is 3.16. The number of benzene rings is 2. The van der Waals surface area contributed by atoms with Crippen molar-refractivity contribution in [2.24, 2.45) is 0 Å². The van der Waals surface area contributed by atoms with Gasteiger partial charge in [-0.1, -0.05) is 22.9 Å². The number of hydrogen-bond donors (Lipinski definition) is 0. The molecule has 0 radical (unpaired) electrons. The van der Waals surface area contributed by atoms with Gasteiger partial charge < -0.3 is 4.74 Å². The lowest BCUT2D eigenvalue weighted by molar-refractivity contribution is -0.116. The Morgan fingerprint density at radius 2 is 1.90 bits per heavy atom. The Morgan fingerprint density at radius 1 is 1.19 bits per heavy atom. The monoisotopic (exact) mass is 475 g/mol. The normalized spacial score (nSPS) is 14.8. The van der Waals surface area contributed by atoms with Crippen LogP contribution < -0.4 is 4.90 Å². The molecule has 8 heteroatoms. The van der Waals surface area contributed by atoms with Crippen molar-refractivity contribution >= 4 is 56.0 Å². The van der Waals surface area contributed by atoms with E-state index in [0.29, 0.717) is 17.3 Å². The van der Waals surface area contributed by atoms with Crippen molar-refractivity contribution in [1.82, 2.24) is 9.88 Å². The van der Waals surface area contributed by atoms with Crippen LogP contribution in [0.1, 0.15) is 11.1 Å². The van der Waals surface area contributed by atoms with Gasteiger partial charge in [-0.15, -0.1) is 11.8 Å². The number of carbonyl (C=O) groups excluding carboxylic acids is 1. The molecule has 31 heavy (non-hydrogen) atoms. The van der Waals surface area contributed by atoms with Gasteiger partial charge in [0, 0.05) is 36.1 Å². The Balaban J connectivity index is 1.52. The fourth-order valence-electron chi connectivity index (χ4n) is 3.43. The van der Waals surface area contributed by atoms with Crippen LogP contribution in [-0.4, -0.2) is 60.9 Å². The molecule has 1 aliphatic rings. The second kappa shape index (κ2) is 10.3. The lowest BCUT2D eigenvalue weighted by atomic mass is 10.1. The van der Waals surface area contributed by atoms with Crippen LogP contribution in [0, 0.1) is 13.8 Å². The van der Waals surface area contributed by atoms with Crippen LogP contribution in [0.4, 0.5) is 5.13 Å². The maximum absolute atomic E-state index is 13.3. The molecule has 3 aromatic rings. The average molecular weight is 476 g/mol. The van der Waals surface area contributed by atoms with E-state index in [1.807, 2.05) is 29.2 Å². The van der Waals surface area contributed by atoms with Crippen LogP contribution in [0.5, 0.6) is 0 Å². The third-order valence-electron chi connectivity index (χ3n) is 5.44. The van der Waals surface area contributed by atoms with Gasteiger partial charge in [0.1, 0.15) is 0 Å². The topological polar surface area (TPSA) is 45.7 Å². The van der Waals surface area contributed by atoms with E-state index in [2.05, 4.69) is 30.9 Å². The summed E-state index contributed by atoms with van der Waals surface area (Å²) in [6.45, 7) is 8.95. The number of carbonyl (C=O) groups is 1. The van der Waals surface area contributed by atoms with E-state index in [1.165, 1.54) is 22.9 Å². The molecule has 0 bridgehead atoms. The van der Waals surface area contributed by atoms with E-state index >= 15 is 0 Å². The molecule has 0 unspecified atom stereocenters. The number of ether oxygens (including phenoxy) is 1. The molecule has 0 N–H and O–H groups in total. The molecular weight excluding hydrogens is 450 g/mol. The van der Waals surface area contributed by atoms with Crippen molar-refractivity contribution in [3.05, 3.63) is 52.5 Å². The number of hydrogen-bond acceptors (Lipinski definition) is 6. The van der Waals surface area contributed by atoms with Gasteiger partial charge in [0.25, 0.3) is 0 Å². The Labute approximate surface area is 196 Å². The second-order valence-corrected chi connectivity index (χ2v) is 10.1. The maximum Gasteiger partial charge on any atom is 0.239 e. The summed E-state index contributed by atoms with van der Waals surface area (Å²) in [6.07, 6.45) is 0. The first-order valence-corrected chi connectivity index (χ1v) is 12.5. The number of fused-ring (bicyclic) bond motifs is 1. The largest absolute Gasteiger partial charge is 0.379 e. The Bertz CT molecular complexity index is 1010. The number of thioether (sulfide) groups is 1. The van der Waals surface area contributed by atoms with Gasteiger partial charge >= 0.3 is 0 Å². The Morgan fingerprint density at radius 3 is 2.65 bits per heavy atom. The molecule has 1 aliphatic heterocycles. The van der Waals surface area contributed by atoms with E-state index < -0.39 is 0 Å². The van der Waals surface area contributed by atoms with E-state index in [1.54, 1.807) is 11.3 Å². The maximum atomic E-state index is 13.3. The minimum Gasteiger partial charge on any atom is -0.379 e. The highest BCUT2D eigenvalue weighted by molar-refractivity contribution is 8.00. The molecule has 2 heterocycles. The number of thiazole rings is 1. The van der Waals surface area contributed by atoms with Crippen molar-refractivity contribution in [2.75, 3.05) is 50.0 Å². The highest BCUT2D eigenvalue weighted by atomic mass is 35.5. The predicted octanol–water partition coefficient (Wildman–Crippen LogP) is 5.02.